The normalized spacial score (nSPS) is 10.3. The van der Waals surface area contributed by atoms with Gasteiger partial charge in [0, 0.05) is 26.0 Å². The van der Waals surface area contributed by atoms with Crippen LogP contribution in [0.1, 0.15) is 6.92 Å². The maximum absolute atomic E-state index is 4.31. The van der Waals surface area contributed by atoms with Gasteiger partial charge in [-0.15, -0.1) is 0 Å². The van der Waals surface area contributed by atoms with Gasteiger partial charge in [0.25, 0.3) is 0 Å². The van der Waals surface area contributed by atoms with E-state index in [1.807, 2.05) is 11.6 Å². The molecule has 0 spiro atoms. The Bertz CT molecular complexity index is 449. The van der Waals surface area contributed by atoms with E-state index in [4.69, 9.17) is 0 Å². The molecule has 0 fully saturated rings. The third-order valence-corrected chi connectivity index (χ3v) is 2.23. The number of nitrogens with one attached hydrogen (secondary N) is 1. The highest BCUT2D eigenvalue weighted by Gasteiger charge is 2.10. The van der Waals surface area contributed by atoms with Crippen LogP contribution >= 0.6 is 0 Å². The number of hydrogen-bond donors (Lipinski definition) is 1. The van der Waals surface area contributed by atoms with E-state index in [1.165, 1.54) is 0 Å². The highest BCUT2D eigenvalue weighted by molar-refractivity contribution is 5.67. The second kappa shape index (κ2) is 4.08. The minimum Gasteiger partial charge on any atom is -0.371 e. The molecule has 0 unspecified atom stereocenters. The molecule has 0 atom stereocenters. The Labute approximate surface area is 88.2 Å². The third-order valence-electron chi connectivity index (χ3n) is 2.23. The molecule has 0 saturated carbocycles. The summed E-state index contributed by atoms with van der Waals surface area (Å²) in [5.74, 6) is 0.771. The highest BCUT2D eigenvalue weighted by Crippen LogP contribution is 2.22. The molecule has 0 saturated heterocycles. The number of anilines is 1. The molecule has 1 N–H and O–H groups in total. The van der Waals surface area contributed by atoms with Gasteiger partial charge >= 0.3 is 0 Å². The molecule has 78 valence electrons. The zero-order valence-electron chi connectivity index (χ0n) is 8.81. The number of imidazole rings is 1. The zero-order chi connectivity index (χ0) is 10.7. The second-order valence-corrected chi connectivity index (χ2v) is 3.07. The standard InChI is InChI=1S/C10H13N5/c1-3-15-7-12-6-8(15)9-10(11-2)14-5-4-13-9/h4-7H,3H2,1-2H3,(H,11,14). The lowest BCUT2D eigenvalue weighted by atomic mass is 10.3. The van der Waals surface area contributed by atoms with Crippen molar-refractivity contribution in [1.82, 2.24) is 19.5 Å². The largest absolute Gasteiger partial charge is 0.371 e. The fourth-order valence-corrected chi connectivity index (χ4v) is 1.48. The Morgan fingerprint density at radius 1 is 1.33 bits per heavy atom. The molecule has 0 aliphatic heterocycles. The van der Waals surface area contributed by atoms with Gasteiger partial charge < -0.3 is 9.88 Å². The minimum atomic E-state index is 0.771. The fourth-order valence-electron chi connectivity index (χ4n) is 1.48. The molecule has 5 nitrogen and oxygen atoms in total. The van der Waals surface area contributed by atoms with E-state index in [-0.39, 0.29) is 0 Å². The Morgan fingerprint density at radius 3 is 2.87 bits per heavy atom. The van der Waals surface area contributed by atoms with Crippen molar-refractivity contribution >= 4 is 5.82 Å². The van der Waals surface area contributed by atoms with E-state index >= 15 is 0 Å². The van der Waals surface area contributed by atoms with E-state index in [0.29, 0.717) is 0 Å². The second-order valence-electron chi connectivity index (χ2n) is 3.07. The van der Waals surface area contributed by atoms with Crippen LogP contribution in [0.2, 0.25) is 0 Å². The summed E-state index contributed by atoms with van der Waals surface area (Å²) in [6.07, 6.45) is 6.95. The first kappa shape index (κ1) is 9.64. The van der Waals surface area contributed by atoms with Crippen LogP contribution in [0.3, 0.4) is 0 Å². The molecule has 5 heteroatoms. The Hall–Kier alpha value is -1.91. The van der Waals surface area contributed by atoms with Crippen LogP contribution in [-0.4, -0.2) is 26.6 Å². The molecule has 2 rings (SSSR count). The van der Waals surface area contributed by atoms with Crippen molar-refractivity contribution in [3.05, 3.63) is 24.9 Å². The smallest absolute Gasteiger partial charge is 0.153 e. The number of nitrogens with zero attached hydrogens (tertiary/aromatic N) is 4. The van der Waals surface area contributed by atoms with Gasteiger partial charge in [-0.25, -0.2) is 15.0 Å². The van der Waals surface area contributed by atoms with Gasteiger partial charge in [-0.3, -0.25) is 0 Å². The molecule has 2 heterocycles. The lowest BCUT2D eigenvalue weighted by molar-refractivity contribution is 0.766. The van der Waals surface area contributed by atoms with Crippen LogP contribution < -0.4 is 5.32 Å². The van der Waals surface area contributed by atoms with Crippen LogP contribution in [0.4, 0.5) is 5.82 Å². The summed E-state index contributed by atoms with van der Waals surface area (Å²) in [6.45, 7) is 2.94. The van der Waals surface area contributed by atoms with Gasteiger partial charge in [0.15, 0.2) is 5.82 Å². The van der Waals surface area contributed by atoms with E-state index in [2.05, 4.69) is 27.2 Å². The molecular weight excluding hydrogens is 190 g/mol. The van der Waals surface area contributed by atoms with Gasteiger partial charge in [0.1, 0.15) is 5.69 Å². The molecule has 0 amide bonds. The summed E-state index contributed by atoms with van der Waals surface area (Å²) in [4.78, 5) is 12.6. The van der Waals surface area contributed by atoms with Gasteiger partial charge in [0.05, 0.1) is 18.2 Å². The summed E-state index contributed by atoms with van der Waals surface area (Å²) >= 11 is 0. The number of aromatic nitrogens is 4. The van der Waals surface area contributed by atoms with Crippen LogP contribution in [0.25, 0.3) is 11.4 Å². The number of rotatable bonds is 3. The van der Waals surface area contributed by atoms with Crippen LogP contribution in [0.15, 0.2) is 24.9 Å². The van der Waals surface area contributed by atoms with Crippen molar-refractivity contribution in [3.63, 3.8) is 0 Å². The van der Waals surface area contributed by atoms with E-state index in [1.54, 1.807) is 24.9 Å². The Morgan fingerprint density at radius 2 is 2.13 bits per heavy atom. The fraction of sp³-hybridized carbons (Fsp3) is 0.300. The SMILES string of the molecule is CCn1cncc1-c1nccnc1NC. The van der Waals surface area contributed by atoms with Crippen molar-refractivity contribution in [2.45, 2.75) is 13.5 Å². The van der Waals surface area contributed by atoms with E-state index < -0.39 is 0 Å². The van der Waals surface area contributed by atoms with Gasteiger partial charge in [-0.05, 0) is 6.92 Å². The average molecular weight is 203 g/mol. The molecule has 0 aliphatic rings. The van der Waals surface area contributed by atoms with Crippen molar-refractivity contribution in [1.29, 1.82) is 0 Å². The van der Waals surface area contributed by atoms with Crippen LogP contribution in [0, 0.1) is 0 Å². The Kier molecular flexibility index (Phi) is 2.62. The molecule has 15 heavy (non-hydrogen) atoms. The first-order valence-corrected chi connectivity index (χ1v) is 4.86. The zero-order valence-corrected chi connectivity index (χ0v) is 8.81. The highest BCUT2D eigenvalue weighted by atomic mass is 15.1. The summed E-state index contributed by atoms with van der Waals surface area (Å²) in [5.41, 5.74) is 1.81. The summed E-state index contributed by atoms with van der Waals surface area (Å²) in [6, 6.07) is 0. The monoisotopic (exact) mass is 203 g/mol. The molecule has 2 aromatic rings. The van der Waals surface area contributed by atoms with Crippen molar-refractivity contribution < 1.29 is 0 Å². The molecule has 0 radical (unpaired) electrons. The summed E-state index contributed by atoms with van der Waals surface area (Å²) in [5, 5.41) is 3.02. The topological polar surface area (TPSA) is 55.6 Å². The van der Waals surface area contributed by atoms with Crippen molar-refractivity contribution in [2.24, 2.45) is 0 Å². The number of hydrogen-bond acceptors (Lipinski definition) is 4. The Balaban J connectivity index is 2.53. The molecule has 0 aliphatic carbocycles. The molecule has 0 bridgehead atoms. The average Bonchev–Trinajstić information content (AvgIpc) is 2.76. The summed E-state index contributed by atoms with van der Waals surface area (Å²) < 4.78 is 2.03. The lowest BCUT2D eigenvalue weighted by Gasteiger charge is -2.07. The third kappa shape index (κ3) is 1.68. The number of aryl methyl sites for hydroxylation is 1. The van der Waals surface area contributed by atoms with Gasteiger partial charge in [-0.2, -0.15) is 0 Å². The predicted octanol–water partition coefficient (Wildman–Crippen LogP) is 1.40. The van der Waals surface area contributed by atoms with Crippen molar-refractivity contribution in [3.8, 4) is 11.4 Å². The first-order chi connectivity index (χ1) is 7.36. The molecule has 2 aromatic heterocycles. The van der Waals surface area contributed by atoms with Crippen molar-refractivity contribution in [2.75, 3.05) is 12.4 Å². The van der Waals surface area contributed by atoms with E-state index in [0.717, 1.165) is 23.8 Å². The first-order valence-electron chi connectivity index (χ1n) is 4.86. The molecular formula is C10H13N5. The predicted molar refractivity (Wildman–Crippen MR) is 58.5 cm³/mol. The minimum absolute atomic E-state index is 0.771. The molecule has 0 aromatic carbocycles. The maximum atomic E-state index is 4.31. The lowest BCUT2D eigenvalue weighted by Crippen LogP contribution is -2.01. The van der Waals surface area contributed by atoms with Crippen LogP contribution in [-0.2, 0) is 6.54 Å². The maximum Gasteiger partial charge on any atom is 0.153 e. The summed E-state index contributed by atoms with van der Waals surface area (Å²) in [7, 11) is 1.83. The van der Waals surface area contributed by atoms with E-state index in [9.17, 15) is 0 Å². The van der Waals surface area contributed by atoms with Gasteiger partial charge in [0.2, 0.25) is 0 Å². The van der Waals surface area contributed by atoms with Crippen LogP contribution in [0.5, 0.6) is 0 Å². The van der Waals surface area contributed by atoms with Gasteiger partial charge in [-0.1, -0.05) is 0 Å². The quantitative estimate of drug-likeness (QED) is 0.819.